The zero-order chi connectivity index (χ0) is 24.5. The van der Waals surface area contributed by atoms with Gasteiger partial charge < -0.3 is 42.6 Å². The summed E-state index contributed by atoms with van der Waals surface area (Å²) in [4.78, 5) is 11.5. The SMILES string of the molecule is C=COCCOCCOCCOCCOCCOCCOCCOCCC(=O)OC(C)(C)C. The van der Waals surface area contributed by atoms with Gasteiger partial charge in [0.05, 0.1) is 105 Å². The van der Waals surface area contributed by atoms with Crippen LogP contribution >= 0.6 is 0 Å². The number of hydrogen-bond acceptors (Lipinski definition) is 10. The van der Waals surface area contributed by atoms with E-state index in [2.05, 4.69) is 6.58 Å². The fourth-order valence-corrected chi connectivity index (χ4v) is 2.16. The first-order valence-corrected chi connectivity index (χ1v) is 11.4. The summed E-state index contributed by atoms with van der Waals surface area (Å²) in [5.41, 5.74) is -0.466. The second kappa shape index (κ2) is 23.9. The minimum atomic E-state index is -0.466. The smallest absolute Gasteiger partial charge is 0.308 e. The summed E-state index contributed by atoms with van der Waals surface area (Å²) in [5, 5.41) is 0. The van der Waals surface area contributed by atoms with Crippen LogP contribution < -0.4 is 0 Å². The lowest BCUT2D eigenvalue weighted by Crippen LogP contribution is -2.24. The van der Waals surface area contributed by atoms with Crippen LogP contribution in [0.3, 0.4) is 0 Å². The number of hydrogen-bond donors (Lipinski definition) is 0. The van der Waals surface area contributed by atoms with E-state index in [9.17, 15) is 4.79 Å². The van der Waals surface area contributed by atoms with E-state index in [0.29, 0.717) is 99.1 Å². The van der Waals surface area contributed by atoms with Gasteiger partial charge in [-0.15, -0.1) is 0 Å². The van der Waals surface area contributed by atoms with Crippen LogP contribution in [0, 0.1) is 0 Å². The van der Waals surface area contributed by atoms with E-state index in [4.69, 9.17) is 42.6 Å². The molecular formula is C23H44O10. The van der Waals surface area contributed by atoms with E-state index in [0.717, 1.165) is 0 Å². The lowest BCUT2D eigenvalue weighted by Gasteiger charge is -2.19. The number of rotatable bonds is 25. The van der Waals surface area contributed by atoms with Crippen molar-refractivity contribution in [3.8, 4) is 0 Å². The molecule has 0 aliphatic carbocycles. The molecule has 0 amide bonds. The average molecular weight is 481 g/mol. The molecule has 0 radical (unpaired) electrons. The van der Waals surface area contributed by atoms with Gasteiger partial charge in [-0.3, -0.25) is 4.79 Å². The lowest BCUT2D eigenvalue weighted by molar-refractivity contribution is -0.156. The first-order chi connectivity index (χ1) is 16.0. The van der Waals surface area contributed by atoms with Crippen LogP contribution in [0.1, 0.15) is 27.2 Å². The third kappa shape index (κ3) is 28.7. The van der Waals surface area contributed by atoms with Crippen molar-refractivity contribution in [1.82, 2.24) is 0 Å². The third-order valence-electron chi connectivity index (χ3n) is 3.57. The molecule has 0 saturated carbocycles. The molecule has 0 unspecified atom stereocenters. The van der Waals surface area contributed by atoms with E-state index in [1.807, 2.05) is 20.8 Å². The molecule has 0 atom stereocenters. The lowest BCUT2D eigenvalue weighted by atomic mass is 10.2. The van der Waals surface area contributed by atoms with Crippen LogP contribution in [0.25, 0.3) is 0 Å². The molecule has 0 aromatic rings. The fraction of sp³-hybridized carbons (Fsp3) is 0.870. The number of esters is 1. The van der Waals surface area contributed by atoms with Crippen LogP contribution in [0.2, 0.25) is 0 Å². The van der Waals surface area contributed by atoms with Crippen molar-refractivity contribution in [2.24, 2.45) is 0 Å². The first kappa shape index (κ1) is 31.7. The van der Waals surface area contributed by atoms with E-state index in [-0.39, 0.29) is 12.4 Å². The largest absolute Gasteiger partial charge is 0.499 e. The Hall–Kier alpha value is -1.27. The minimum Gasteiger partial charge on any atom is -0.499 e. The van der Waals surface area contributed by atoms with Crippen LogP contribution in [-0.4, -0.2) is 111 Å². The molecule has 0 aliphatic heterocycles. The summed E-state index contributed by atoms with van der Waals surface area (Å²) in [6, 6.07) is 0. The summed E-state index contributed by atoms with van der Waals surface area (Å²) >= 11 is 0. The highest BCUT2D eigenvalue weighted by Gasteiger charge is 2.15. The van der Waals surface area contributed by atoms with Crippen molar-refractivity contribution in [3.63, 3.8) is 0 Å². The van der Waals surface area contributed by atoms with Gasteiger partial charge in [0.1, 0.15) is 12.2 Å². The summed E-state index contributed by atoms with van der Waals surface area (Å²) < 4.78 is 47.8. The highest BCUT2D eigenvalue weighted by atomic mass is 16.6. The highest BCUT2D eigenvalue weighted by Crippen LogP contribution is 2.07. The van der Waals surface area contributed by atoms with Crippen molar-refractivity contribution < 1.29 is 47.4 Å². The summed E-state index contributed by atoms with van der Waals surface area (Å²) in [7, 11) is 0. The van der Waals surface area contributed by atoms with Crippen LogP contribution in [-0.2, 0) is 47.4 Å². The van der Waals surface area contributed by atoms with Gasteiger partial charge in [-0.2, -0.15) is 0 Å². The number of ether oxygens (including phenoxy) is 9. The topological polar surface area (TPSA) is 100 Å². The Kier molecular flexibility index (Phi) is 23.0. The van der Waals surface area contributed by atoms with Crippen molar-refractivity contribution in [2.45, 2.75) is 32.8 Å². The standard InChI is InChI=1S/C23H44O10/c1-5-25-8-9-27-12-13-29-16-17-31-20-21-32-19-18-30-15-14-28-11-10-26-7-6-22(24)33-23(2,3)4/h5H,1,6-21H2,2-4H3. The van der Waals surface area contributed by atoms with Gasteiger partial charge in [0.15, 0.2) is 0 Å². The van der Waals surface area contributed by atoms with Crippen molar-refractivity contribution in [3.05, 3.63) is 12.8 Å². The van der Waals surface area contributed by atoms with Crippen molar-refractivity contribution in [1.29, 1.82) is 0 Å². The van der Waals surface area contributed by atoms with Crippen LogP contribution in [0.5, 0.6) is 0 Å². The predicted molar refractivity (Wildman–Crippen MR) is 122 cm³/mol. The van der Waals surface area contributed by atoms with Gasteiger partial charge in [-0.25, -0.2) is 0 Å². The summed E-state index contributed by atoms with van der Waals surface area (Å²) in [5.74, 6) is -0.261. The van der Waals surface area contributed by atoms with Gasteiger partial charge >= 0.3 is 5.97 Å². The number of carbonyl (C=O) groups is 1. The summed E-state index contributed by atoms with van der Waals surface area (Å²) in [6.07, 6.45) is 1.63. The quantitative estimate of drug-likeness (QED) is 0.110. The zero-order valence-electron chi connectivity index (χ0n) is 20.7. The van der Waals surface area contributed by atoms with E-state index >= 15 is 0 Å². The van der Waals surface area contributed by atoms with Gasteiger partial charge in [0, 0.05) is 0 Å². The van der Waals surface area contributed by atoms with Crippen molar-refractivity contribution >= 4 is 5.97 Å². The normalized spacial score (nSPS) is 11.5. The molecule has 0 spiro atoms. The molecule has 196 valence electrons. The van der Waals surface area contributed by atoms with Crippen molar-refractivity contribution in [2.75, 3.05) is 99.1 Å². The van der Waals surface area contributed by atoms with E-state index < -0.39 is 5.60 Å². The van der Waals surface area contributed by atoms with Gasteiger partial charge in [0.2, 0.25) is 0 Å². The Morgan fingerprint density at radius 3 is 1.18 bits per heavy atom. The Labute approximate surface area is 198 Å². The molecule has 10 nitrogen and oxygen atoms in total. The Bertz CT molecular complexity index is 439. The highest BCUT2D eigenvalue weighted by molar-refractivity contribution is 5.69. The maximum atomic E-state index is 11.5. The molecule has 0 bridgehead atoms. The molecule has 0 heterocycles. The van der Waals surface area contributed by atoms with E-state index in [1.165, 1.54) is 6.26 Å². The Morgan fingerprint density at radius 1 is 0.576 bits per heavy atom. The second-order valence-electron chi connectivity index (χ2n) is 7.66. The first-order valence-electron chi connectivity index (χ1n) is 11.4. The molecule has 33 heavy (non-hydrogen) atoms. The molecule has 0 aromatic heterocycles. The average Bonchev–Trinajstić information content (AvgIpc) is 2.75. The fourth-order valence-electron chi connectivity index (χ4n) is 2.16. The van der Waals surface area contributed by atoms with Gasteiger partial charge in [-0.1, -0.05) is 6.58 Å². The third-order valence-corrected chi connectivity index (χ3v) is 3.57. The van der Waals surface area contributed by atoms with Crippen LogP contribution in [0.15, 0.2) is 12.8 Å². The maximum absolute atomic E-state index is 11.5. The molecule has 0 fully saturated rings. The predicted octanol–water partition coefficient (Wildman–Crippen LogP) is 1.99. The minimum absolute atomic E-state index is 0.238. The van der Waals surface area contributed by atoms with Gasteiger partial charge in [0.25, 0.3) is 0 Å². The molecule has 10 heteroatoms. The molecule has 0 rings (SSSR count). The van der Waals surface area contributed by atoms with Crippen LogP contribution in [0.4, 0.5) is 0 Å². The number of carbonyl (C=O) groups excluding carboxylic acids is 1. The Morgan fingerprint density at radius 2 is 0.879 bits per heavy atom. The second-order valence-corrected chi connectivity index (χ2v) is 7.66. The zero-order valence-corrected chi connectivity index (χ0v) is 20.7. The van der Waals surface area contributed by atoms with E-state index in [1.54, 1.807) is 0 Å². The molecular weight excluding hydrogens is 436 g/mol. The molecule has 0 aliphatic rings. The maximum Gasteiger partial charge on any atom is 0.308 e. The summed E-state index contributed by atoms with van der Waals surface area (Å²) in [6.45, 7) is 16.2. The monoisotopic (exact) mass is 480 g/mol. The molecule has 0 N–H and O–H groups in total. The Balaban J connectivity index is 3.10. The molecule has 0 saturated heterocycles. The van der Waals surface area contributed by atoms with Gasteiger partial charge in [-0.05, 0) is 20.8 Å². The molecule has 0 aromatic carbocycles.